The molecule has 4 rings (SSSR count). The summed E-state index contributed by atoms with van der Waals surface area (Å²) in [7, 11) is 0. The molecule has 3 fully saturated rings. The van der Waals surface area contributed by atoms with Crippen LogP contribution < -0.4 is 5.32 Å². The Morgan fingerprint density at radius 2 is 1.77 bits per heavy atom. The highest BCUT2D eigenvalue weighted by atomic mass is 16.5. The molecule has 0 bridgehead atoms. The Balaban J connectivity index is 1.26. The molecule has 26 heavy (non-hydrogen) atoms. The van der Waals surface area contributed by atoms with Crippen LogP contribution in [0.25, 0.3) is 0 Å². The summed E-state index contributed by atoms with van der Waals surface area (Å²) in [5, 5.41) is 2.91. The van der Waals surface area contributed by atoms with E-state index in [9.17, 15) is 9.59 Å². The summed E-state index contributed by atoms with van der Waals surface area (Å²) in [6.07, 6.45) is 3.13. The summed E-state index contributed by atoms with van der Waals surface area (Å²) in [4.78, 5) is 28.9. The SMILES string of the molecule is O=C(Nc1ccc(C(=O)N2CCN(C[C@H]3CCOC3)CC2)cc1)C1CC1. The zero-order chi connectivity index (χ0) is 17.9. The van der Waals surface area contributed by atoms with Crippen molar-refractivity contribution in [1.29, 1.82) is 0 Å². The Bertz CT molecular complexity index is 643. The molecule has 2 heterocycles. The lowest BCUT2D eigenvalue weighted by atomic mass is 10.1. The van der Waals surface area contributed by atoms with Crippen LogP contribution in [0.3, 0.4) is 0 Å². The molecule has 140 valence electrons. The predicted molar refractivity (Wildman–Crippen MR) is 99.1 cm³/mol. The first-order chi connectivity index (χ1) is 12.7. The molecule has 1 aliphatic carbocycles. The second-order valence-corrected chi connectivity index (χ2v) is 7.66. The fourth-order valence-corrected chi connectivity index (χ4v) is 3.69. The molecule has 0 aromatic heterocycles. The van der Waals surface area contributed by atoms with E-state index in [-0.39, 0.29) is 17.7 Å². The van der Waals surface area contributed by atoms with E-state index in [2.05, 4.69) is 10.2 Å². The van der Waals surface area contributed by atoms with Gasteiger partial charge in [-0.05, 0) is 49.4 Å². The van der Waals surface area contributed by atoms with Crippen LogP contribution in [0.15, 0.2) is 24.3 Å². The van der Waals surface area contributed by atoms with Crippen LogP contribution in [0.2, 0.25) is 0 Å². The molecule has 1 aromatic rings. The Morgan fingerprint density at radius 1 is 1.04 bits per heavy atom. The lowest BCUT2D eigenvalue weighted by Crippen LogP contribution is -2.49. The average molecular weight is 357 g/mol. The lowest BCUT2D eigenvalue weighted by Gasteiger charge is -2.35. The van der Waals surface area contributed by atoms with Crippen LogP contribution in [0.1, 0.15) is 29.6 Å². The Morgan fingerprint density at radius 3 is 2.38 bits per heavy atom. The van der Waals surface area contributed by atoms with Gasteiger partial charge in [0.25, 0.3) is 5.91 Å². The number of benzene rings is 1. The highest BCUT2D eigenvalue weighted by Crippen LogP contribution is 2.30. The molecule has 0 spiro atoms. The van der Waals surface area contributed by atoms with Crippen LogP contribution in [-0.4, -0.2) is 67.6 Å². The first kappa shape index (κ1) is 17.5. The van der Waals surface area contributed by atoms with E-state index >= 15 is 0 Å². The van der Waals surface area contributed by atoms with Gasteiger partial charge < -0.3 is 15.0 Å². The summed E-state index contributed by atoms with van der Waals surface area (Å²) in [5.41, 5.74) is 1.45. The number of nitrogens with zero attached hydrogens (tertiary/aromatic N) is 2. The van der Waals surface area contributed by atoms with Gasteiger partial charge in [0.15, 0.2) is 0 Å². The minimum atomic E-state index is 0.0777. The van der Waals surface area contributed by atoms with Crippen molar-refractivity contribution in [3.05, 3.63) is 29.8 Å². The number of ether oxygens (including phenoxy) is 1. The number of hydrogen-bond acceptors (Lipinski definition) is 4. The number of carbonyl (C=O) groups excluding carboxylic acids is 2. The first-order valence-electron chi connectivity index (χ1n) is 9.69. The third-order valence-corrected chi connectivity index (χ3v) is 5.55. The topological polar surface area (TPSA) is 61.9 Å². The fraction of sp³-hybridized carbons (Fsp3) is 0.600. The van der Waals surface area contributed by atoms with Gasteiger partial charge in [0, 0.05) is 56.5 Å². The number of piperazine rings is 1. The maximum Gasteiger partial charge on any atom is 0.253 e. The molecule has 1 aromatic carbocycles. The molecular weight excluding hydrogens is 330 g/mol. The van der Waals surface area contributed by atoms with Gasteiger partial charge >= 0.3 is 0 Å². The van der Waals surface area contributed by atoms with Crippen LogP contribution in [-0.2, 0) is 9.53 Å². The maximum absolute atomic E-state index is 12.7. The van der Waals surface area contributed by atoms with Crippen molar-refractivity contribution in [2.75, 3.05) is 51.3 Å². The molecule has 2 saturated heterocycles. The van der Waals surface area contributed by atoms with E-state index in [4.69, 9.17) is 4.74 Å². The number of carbonyl (C=O) groups is 2. The van der Waals surface area contributed by atoms with Gasteiger partial charge in [0.05, 0.1) is 6.61 Å². The smallest absolute Gasteiger partial charge is 0.253 e. The van der Waals surface area contributed by atoms with Crippen LogP contribution in [0.4, 0.5) is 5.69 Å². The largest absolute Gasteiger partial charge is 0.381 e. The summed E-state index contributed by atoms with van der Waals surface area (Å²) >= 11 is 0. The van der Waals surface area contributed by atoms with E-state index in [1.54, 1.807) is 0 Å². The standard InChI is InChI=1S/C20H27N3O3/c24-19(16-1-2-16)21-18-5-3-17(4-6-18)20(25)23-10-8-22(9-11-23)13-15-7-12-26-14-15/h3-6,15-16H,1-2,7-14H2,(H,21,24)/t15-/m1/s1. The quantitative estimate of drug-likeness (QED) is 0.873. The Labute approximate surface area is 154 Å². The molecule has 6 nitrogen and oxygen atoms in total. The van der Waals surface area contributed by atoms with E-state index in [0.717, 1.165) is 70.9 Å². The molecule has 2 aliphatic heterocycles. The second-order valence-electron chi connectivity index (χ2n) is 7.66. The van der Waals surface area contributed by atoms with Crippen molar-refractivity contribution in [1.82, 2.24) is 9.80 Å². The minimum Gasteiger partial charge on any atom is -0.381 e. The van der Waals surface area contributed by atoms with Crippen molar-refractivity contribution in [2.45, 2.75) is 19.3 Å². The summed E-state index contributed by atoms with van der Waals surface area (Å²) in [5.74, 6) is 1.00. The van der Waals surface area contributed by atoms with Gasteiger partial charge in [-0.1, -0.05) is 0 Å². The number of hydrogen-bond donors (Lipinski definition) is 1. The molecule has 1 N–H and O–H groups in total. The highest BCUT2D eigenvalue weighted by Gasteiger charge is 2.29. The summed E-state index contributed by atoms with van der Waals surface area (Å²) in [6, 6.07) is 7.27. The molecule has 1 atom stereocenters. The third-order valence-electron chi connectivity index (χ3n) is 5.55. The van der Waals surface area contributed by atoms with E-state index in [1.165, 1.54) is 0 Å². The monoisotopic (exact) mass is 357 g/mol. The highest BCUT2D eigenvalue weighted by molar-refractivity contribution is 5.96. The number of rotatable bonds is 5. The second kappa shape index (κ2) is 7.76. The van der Waals surface area contributed by atoms with Gasteiger partial charge in [-0.15, -0.1) is 0 Å². The average Bonchev–Trinajstić information content (AvgIpc) is 3.40. The van der Waals surface area contributed by atoms with Gasteiger partial charge in [0.2, 0.25) is 5.91 Å². The van der Waals surface area contributed by atoms with Gasteiger partial charge in [0.1, 0.15) is 0 Å². The minimum absolute atomic E-state index is 0.0777. The summed E-state index contributed by atoms with van der Waals surface area (Å²) < 4.78 is 5.45. The molecule has 0 unspecified atom stereocenters. The molecule has 3 aliphatic rings. The molecule has 1 saturated carbocycles. The van der Waals surface area contributed by atoms with Crippen LogP contribution >= 0.6 is 0 Å². The third kappa shape index (κ3) is 4.24. The number of nitrogens with one attached hydrogen (secondary N) is 1. The molecular formula is C20H27N3O3. The normalized spacial score (nSPS) is 23.8. The first-order valence-corrected chi connectivity index (χ1v) is 9.69. The van der Waals surface area contributed by atoms with Crippen molar-refractivity contribution in [3.8, 4) is 0 Å². The zero-order valence-corrected chi connectivity index (χ0v) is 15.2. The van der Waals surface area contributed by atoms with Crippen molar-refractivity contribution in [2.24, 2.45) is 11.8 Å². The molecule has 2 amide bonds. The van der Waals surface area contributed by atoms with Crippen molar-refractivity contribution >= 4 is 17.5 Å². The Hall–Kier alpha value is -1.92. The number of amides is 2. The summed E-state index contributed by atoms with van der Waals surface area (Å²) in [6.45, 7) is 6.25. The lowest BCUT2D eigenvalue weighted by molar-refractivity contribution is -0.117. The zero-order valence-electron chi connectivity index (χ0n) is 15.2. The fourth-order valence-electron chi connectivity index (χ4n) is 3.69. The van der Waals surface area contributed by atoms with E-state index in [0.29, 0.717) is 11.5 Å². The van der Waals surface area contributed by atoms with Gasteiger partial charge in [-0.25, -0.2) is 0 Å². The molecule has 0 radical (unpaired) electrons. The van der Waals surface area contributed by atoms with E-state index in [1.807, 2.05) is 29.2 Å². The maximum atomic E-state index is 12.7. The predicted octanol–water partition coefficient (Wildman–Crippen LogP) is 1.83. The van der Waals surface area contributed by atoms with Gasteiger partial charge in [-0.2, -0.15) is 0 Å². The Kier molecular flexibility index (Phi) is 5.22. The number of anilines is 1. The van der Waals surface area contributed by atoms with Crippen molar-refractivity contribution in [3.63, 3.8) is 0 Å². The van der Waals surface area contributed by atoms with E-state index < -0.39 is 0 Å². The van der Waals surface area contributed by atoms with Gasteiger partial charge in [-0.3, -0.25) is 14.5 Å². The molecule has 6 heteroatoms. The van der Waals surface area contributed by atoms with Crippen molar-refractivity contribution < 1.29 is 14.3 Å². The van der Waals surface area contributed by atoms with Crippen LogP contribution in [0, 0.1) is 11.8 Å². The van der Waals surface area contributed by atoms with Crippen LogP contribution in [0.5, 0.6) is 0 Å².